The minimum absolute atomic E-state index is 0.171. The largest absolute Gasteiger partial charge is 0.325 e. The molecule has 1 saturated heterocycles. The number of sulfone groups is 1. The lowest BCUT2D eigenvalue weighted by molar-refractivity contribution is 0.114. The summed E-state index contributed by atoms with van der Waals surface area (Å²) in [6.07, 6.45) is 1.80. The van der Waals surface area contributed by atoms with E-state index in [-0.39, 0.29) is 36.9 Å². The predicted molar refractivity (Wildman–Crippen MR) is 102 cm³/mol. The molecule has 0 radical (unpaired) electrons. The zero-order valence-corrected chi connectivity index (χ0v) is 16.6. The number of piperidine rings is 1. The Labute approximate surface area is 163 Å². The predicted octanol–water partition coefficient (Wildman–Crippen LogP) is 2.77. The van der Waals surface area contributed by atoms with Crippen molar-refractivity contribution in [2.45, 2.75) is 36.6 Å². The lowest BCUT2D eigenvalue weighted by Crippen LogP contribution is -2.49. The lowest BCUT2D eigenvalue weighted by atomic mass is 9.92. The summed E-state index contributed by atoms with van der Waals surface area (Å²) in [4.78, 5) is 13.3. The molecule has 2 rings (SSSR count). The molecule has 1 atom stereocenters. The molecule has 1 heterocycles. The van der Waals surface area contributed by atoms with Crippen LogP contribution in [0.5, 0.6) is 0 Å². The van der Waals surface area contributed by atoms with Gasteiger partial charge in [0.05, 0.1) is 4.90 Å². The minimum atomic E-state index is -4.39. The molecule has 0 bridgehead atoms. The molecule has 1 aromatic carbocycles. The summed E-state index contributed by atoms with van der Waals surface area (Å²) in [6.45, 7) is 6.32. The van der Waals surface area contributed by atoms with Crippen LogP contribution in [0.25, 0.3) is 0 Å². The van der Waals surface area contributed by atoms with Crippen LogP contribution in [0.2, 0.25) is 0 Å². The number of hydrogen-bond acceptors (Lipinski definition) is 5. The average molecular weight is 414 g/mol. The normalized spacial score (nSPS) is 18.3. The van der Waals surface area contributed by atoms with Gasteiger partial charge in [-0.25, -0.2) is 22.0 Å². The molecule has 10 heteroatoms. The van der Waals surface area contributed by atoms with E-state index in [9.17, 15) is 17.6 Å². The number of halogens is 2. The molecule has 154 valence electrons. The molecule has 2 N–H and O–H groups in total. The van der Waals surface area contributed by atoms with Crippen LogP contribution in [0.3, 0.4) is 0 Å². The molecule has 1 unspecified atom stereocenters. The van der Waals surface area contributed by atoms with Gasteiger partial charge in [0, 0.05) is 37.6 Å². The van der Waals surface area contributed by atoms with E-state index in [0.29, 0.717) is 5.70 Å². The lowest BCUT2D eigenvalue weighted by Gasteiger charge is -2.37. The maximum Gasteiger partial charge on any atom is 0.321 e. The van der Waals surface area contributed by atoms with Crippen LogP contribution in [0.4, 0.5) is 13.6 Å². The zero-order chi connectivity index (χ0) is 20.9. The summed E-state index contributed by atoms with van der Waals surface area (Å²) in [5.41, 5.74) is 3.01. The van der Waals surface area contributed by atoms with Gasteiger partial charge in [0.15, 0.2) is 0 Å². The third-order valence-electron chi connectivity index (χ3n) is 4.82. The molecule has 0 aliphatic carbocycles. The van der Waals surface area contributed by atoms with Crippen molar-refractivity contribution in [1.29, 1.82) is 0 Å². The van der Waals surface area contributed by atoms with Gasteiger partial charge in [-0.3, -0.25) is 5.43 Å². The van der Waals surface area contributed by atoms with Crippen molar-refractivity contribution >= 4 is 22.6 Å². The number of nitrogens with one attached hydrogen (secondary N) is 2. The molecular weight excluding hydrogens is 390 g/mol. The maximum atomic E-state index is 15.4. The van der Waals surface area contributed by atoms with E-state index in [2.05, 4.69) is 22.6 Å². The molecule has 1 aromatic rings. The number of hydrazone groups is 1. The highest BCUT2D eigenvalue weighted by Gasteiger charge is 2.48. The Morgan fingerprint density at radius 3 is 2.61 bits per heavy atom. The number of benzene rings is 1. The van der Waals surface area contributed by atoms with Gasteiger partial charge >= 0.3 is 6.03 Å². The second kappa shape index (κ2) is 8.68. The minimum Gasteiger partial charge on any atom is -0.325 e. The molecule has 0 aromatic heterocycles. The molecule has 28 heavy (non-hydrogen) atoms. The van der Waals surface area contributed by atoms with Gasteiger partial charge in [0.2, 0.25) is 14.8 Å². The number of carbonyl (C=O) groups is 1. The van der Waals surface area contributed by atoms with E-state index in [0.717, 1.165) is 19.1 Å². The molecule has 0 spiro atoms. The van der Waals surface area contributed by atoms with Crippen molar-refractivity contribution in [2.75, 3.05) is 13.1 Å². The van der Waals surface area contributed by atoms with E-state index in [4.69, 9.17) is 0 Å². The topological polar surface area (TPSA) is 90.9 Å². The van der Waals surface area contributed by atoms with Crippen LogP contribution < -0.4 is 10.7 Å². The summed E-state index contributed by atoms with van der Waals surface area (Å²) < 4.78 is 54.2. The number of rotatable bonds is 6. The first-order valence-electron chi connectivity index (χ1n) is 8.72. The van der Waals surface area contributed by atoms with Crippen molar-refractivity contribution in [3.63, 3.8) is 0 Å². The first-order valence-corrected chi connectivity index (χ1v) is 10.2. The summed E-state index contributed by atoms with van der Waals surface area (Å²) in [5.74, 6) is -1.55. The second-order valence-electron chi connectivity index (χ2n) is 6.75. The number of urea groups is 1. The molecule has 0 saturated carbocycles. The van der Waals surface area contributed by atoms with Crippen molar-refractivity contribution in [3.8, 4) is 0 Å². The van der Waals surface area contributed by atoms with Crippen LogP contribution in [0.15, 0.2) is 46.2 Å². The van der Waals surface area contributed by atoms with Crippen molar-refractivity contribution in [2.24, 2.45) is 11.0 Å². The number of likely N-dealkylation sites (tertiary alicyclic amines) is 1. The fraction of sp³-hybridized carbons (Fsp3) is 0.444. The number of amides is 2. The molecular formula is C18H24F2N4O3S. The summed E-state index contributed by atoms with van der Waals surface area (Å²) in [5, 5.41) is 3.50. The molecule has 1 fully saturated rings. The second-order valence-corrected chi connectivity index (χ2v) is 9.03. The summed E-state index contributed by atoms with van der Waals surface area (Å²) in [7, 11) is -4.39. The van der Waals surface area contributed by atoms with Crippen molar-refractivity contribution in [1.82, 2.24) is 15.6 Å². The highest BCUT2D eigenvalue weighted by Crippen LogP contribution is 2.39. The Kier molecular flexibility index (Phi) is 6.76. The van der Waals surface area contributed by atoms with Crippen molar-refractivity contribution < 1.29 is 22.0 Å². The van der Waals surface area contributed by atoms with E-state index >= 15 is 4.39 Å². The number of allylic oxidation sites excluding steroid dienone is 1. The quantitative estimate of drug-likeness (QED) is 0.553. The van der Waals surface area contributed by atoms with Crippen LogP contribution in [0, 0.1) is 11.7 Å². The zero-order valence-electron chi connectivity index (χ0n) is 15.8. The number of nitrogens with zero attached hydrogens (tertiary/aromatic N) is 2. The Morgan fingerprint density at radius 2 is 2.04 bits per heavy atom. The SMILES string of the molecule is C=NN/C=C(\C)NC(=O)N1CCC(C(C)(F)S(=O)(=O)c2cccc(F)c2)CC1. The van der Waals surface area contributed by atoms with Gasteiger partial charge < -0.3 is 10.2 Å². The van der Waals surface area contributed by atoms with Gasteiger partial charge in [-0.1, -0.05) is 6.07 Å². The molecule has 2 amide bonds. The van der Waals surface area contributed by atoms with Crippen molar-refractivity contribution in [3.05, 3.63) is 42.0 Å². The fourth-order valence-electron chi connectivity index (χ4n) is 3.11. The Morgan fingerprint density at radius 1 is 1.39 bits per heavy atom. The average Bonchev–Trinajstić information content (AvgIpc) is 2.66. The number of alkyl halides is 1. The first kappa shape index (κ1) is 21.8. The van der Waals surface area contributed by atoms with Crippen LogP contribution >= 0.6 is 0 Å². The van der Waals surface area contributed by atoms with Gasteiger partial charge in [-0.05, 0) is 44.9 Å². The fourth-order valence-corrected chi connectivity index (χ4v) is 4.77. The maximum absolute atomic E-state index is 15.4. The number of carbonyl (C=O) groups excluding carboxylic acids is 1. The van der Waals surface area contributed by atoms with E-state index in [1.807, 2.05) is 0 Å². The van der Waals surface area contributed by atoms with E-state index in [1.54, 1.807) is 6.92 Å². The first-order chi connectivity index (χ1) is 13.1. The third kappa shape index (κ3) is 4.67. The highest BCUT2D eigenvalue weighted by atomic mass is 32.2. The Hall–Kier alpha value is -2.49. The Balaban J connectivity index is 2.05. The van der Waals surface area contributed by atoms with E-state index in [1.165, 1.54) is 23.2 Å². The number of hydrogen-bond donors (Lipinski definition) is 2. The van der Waals surface area contributed by atoms with E-state index < -0.39 is 26.6 Å². The van der Waals surface area contributed by atoms with Gasteiger partial charge in [-0.2, -0.15) is 5.10 Å². The van der Waals surface area contributed by atoms with Crippen LogP contribution in [-0.2, 0) is 9.84 Å². The van der Waals surface area contributed by atoms with Crippen LogP contribution in [0.1, 0.15) is 26.7 Å². The molecule has 1 aliphatic heterocycles. The summed E-state index contributed by atoms with van der Waals surface area (Å²) >= 11 is 0. The van der Waals surface area contributed by atoms with Gasteiger partial charge in [-0.15, -0.1) is 0 Å². The Bertz CT molecular complexity index is 863. The molecule has 7 nitrogen and oxygen atoms in total. The standard InChI is InChI=1S/C18H24F2N4O3S/c1-13(12-22-21-3)23-17(25)24-9-7-14(8-10-24)18(2,20)28(26,27)16-6-4-5-15(19)11-16/h4-6,11-12,14,22H,3,7-10H2,1-2H3,(H,23,25)/b13-12+. The third-order valence-corrected chi connectivity index (χ3v) is 7.08. The highest BCUT2D eigenvalue weighted by molar-refractivity contribution is 7.92. The summed E-state index contributed by atoms with van der Waals surface area (Å²) in [6, 6.07) is 3.96. The van der Waals surface area contributed by atoms with Crippen LogP contribution in [-0.4, -0.2) is 44.2 Å². The van der Waals surface area contributed by atoms with Gasteiger partial charge in [0.1, 0.15) is 5.82 Å². The monoisotopic (exact) mass is 414 g/mol. The van der Waals surface area contributed by atoms with Gasteiger partial charge in [0.25, 0.3) is 0 Å². The molecule has 1 aliphatic rings. The smallest absolute Gasteiger partial charge is 0.321 e.